The Morgan fingerprint density at radius 1 is 1.04 bits per heavy atom. The zero-order valence-corrected chi connectivity index (χ0v) is 13.6. The second-order valence-corrected chi connectivity index (χ2v) is 6.45. The molecule has 1 aromatic carbocycles. The molecular formula is C18H24N4O. The average Bonchev–Trinajstić information content (AvgIpc) is 3.11. The standard InChI is InChI=1S/C18H24N4O/c19-13-16-4-3-5-17(12-16)14-20-8-10-21(11-9-20)15-18(23)22-6-1-2-7-22/h3-5,12H,1-2,6-11,14-15H2. The van der Waals surface area contributed by atoms with E-state index in [0.717, 1.165) is 64.2 Å². The molecule has 1 aromatic rings. The van der Waals surface area contributed by atoms with Gasteiger partial charge in [-0.1, -0.05) is 12.1 Å². The maximum atomic E-state index is 12.2. The lowest BCUT2D eigenvalue weighted by Gasteiger charge is -2.35. The molecule has 0 radical (unpaired) electrons. The Morgan fingerprint density at radius 2 is 1.74 bits per heavy atom. The molecule has 0 N–H and O–H groups in total. The summed E-state index contributed by atoms with van der Waals surface area (Å²) < 4.78 is 0. The third kappa shape index (κ3) is 4.31. The number of amides is 1. The monoisotopic (exact) mass is 312 g/mol. The van der Waals surface area contributed by atoms with E-state index in [-0.39, 0.29) is 5.91 Å². The molecule has 0 aliphatic carbocycles. The minimum Gasteiger partial charge on any atom is -0.342 e. The summed E-state index contributed by atoms with van der Waals surface area (Å²) in [6.45, 7) is 7.16. The number of hydrogen-bond donors (Lipinski definition) is 0. The van der Waals surface area contributed by atoms with E-state index in [1.165, 1.54) is 5.56 Å². The molecule has 2 fully saturated rings. The lowest BCUT2D eigenvalue weighted by atomic mass is 10.1. The molecule has 0 atom stereocenters. The van der Waals surface area contributed by atoms with Crippen LogP contribution in [0.5, 0.6) is 0 Å². The molecule has 2 heterocycles. The normalized spacial score (nSPS) is 19.7. The van der Waals surface area contributed by atoms with E-state index in [1.807, 2.05) is 23.1 Å². The SMILES string of the molecule is N#Cc1cccc(CN2CCN(CC(=O)N3CCCC3)CC2)c1. The molecule has 2 saturated heterocycles. The van der Waals surface area contributed by atoms with Gasteiger partial charge in [-0.15, -0.1) is 0 Å². The largest absolute Gasteiger partial charge is 0.342 e. The number of benzene rings is 1. The molecule has 2 aliphatic heterocycles. The van der Waals surface area contributed by atoms with Crippen LogP contribution in [-0.4, -0.2) is 66.4 Å². The molecule has 5 heteroatoms. The molecule has 3 rings (SSSR count). The van der Waals surface area contributed by atoms with Crippen LogP contribution in [0.1, 0.15) is 24.0 Å². The van der Waals surface area contributed by atoms with Gasteiger partial charge in [0, 0.05) is 45.8 Å². The summed E-state index contributed by atoms with van der Waals surface area (Å²) in [6.07, 6.45) is 2.31. The van der Waals surface area contributed by atoms with Crippen molar-refractivity contribution in [2.45, 2.75) is 19.4 Å². The van der Waals surface area contributed by atoms with Crippen molar-refractivity contribution in [2.24, 2.45) is 0 Å². The van der Waals surface area contributed by atoms with Crippen LogP contribution in [0.25, 0.3) is 0 Å². The van der Waals surface area contributed by atoms with E-state index in [0.29, 0.717) is 6.54 Å². The summed E-state index contributed by atoms with van der Waals surface area (Å²) in [5.41, 5.74) is 1.91. The number of carbonyl (C=O) groups excluding carboxylic acids is 1. The van der Waals surface area contributed by atoms with Gasteiger partial charge < -0.3 is 4.90 Å². The molecule has 5 nitrogen and oxygen atoms in total. The lowest BCUT2D eigenvalue weighted by Crippen LogP contribution is -2.49. The van der Waals surface area contributed by atoms with E-state index < -0.39 is 0 Å². The van der Waals surface area contributed by atoms with Gasteiger partial charge in [0.25, 0.3) is 0 Å². The first kappa shape index (κ1) is 16.0. The Hall–Kier alpha value is -1.90. The fourth-order valence-corrected chi connectivity index (χ4v) is 3.36. The van der Waals surface area contributed by atoms with Gasteiger partial charge in [0.2, 0.25) is 5.91 Å². The smallest absolute Gasteiger partial charge is 0.236 e. The average molecular weight is 312 g/mol. The van der Waals surface area contributed by atoms with Crippen molar-refractivity contribution in [1.82, 2.24) is 14.7 Å². The Morgan fingerprint density at radius 3 is 2.43 bits per heavy atom. The van der Waals surface area contributed by atoms with Gasteiger partial charge in [0.15, 0.2) is 0 Å². The van der Waals surface area contributed by atoms with Gasteiger partial charge in [-0.05, 0) is 30.5 Å². The number of piperazine rings is 1. The van der Waals surface area contributed by atoms with Crippen molar-refractivity contribution in [3.63, 3.8) is 0 Å². The van der Waals surface area contributed by atoms with Gasteiger partial charge in [-0.25, -0.2) is 0 Å². The van der Waals surface area contributed by atoms with E-state index in [9.17, 15) is 4.79 Å². The maximum Gasteiger partial charge on any atom is 0.236 e. The first-order valence-electron chi connectivity index (χ1n) is 8.46. The van der Waals surface area contributed by atoms with Crippen molar-refractivity contribution in [3.8, 4) is 6.07 Å². The summed E-state index contributed by atoms with van der Waals surface area (Å²) >= 11 is 0. The van der Waals surface area contributed by atoms with Gasteiger partial charge >= 0.3 is 0 Å². The zero-order chi connectivity index (χ0) is 16.1. The summed E-state index contributed by atoms with van der Waals surface area (Å²) in [5, 5.41) is 8.97. The van der Waals surface area contributed by atoms with Crippen LogP contribution in [-0.2, 0) is 11.3 Å². The minimum atomic E-state index is 0.290. The van der Waals surface area contributed by atoms with Gasteiger partial charge in [-0.3, -0.25) is 14.6 Å². The highest BCUT2D eigenvalue weighted by molar-refractivity contribution is 5.78. The minimum absolute atomic E-state index is 0.290. The molecule has 122 valence electrons. The van der Waals surface area contributed by atoms with Crippen molar-refractivity contribution < 1.29 is 4.79 Å². The summed E-state index contributed by atoms with van der Waals surface area (Å²) in [5.74, 6) is 0.290. The molecule has 0 aromatic heterocycles. The predicted molar refractivity (Wildman–Crippen MR) is 88.7 cm³/mol. The lowest BCUT2D eigenvalue weighted by molar-refractivity contribution is -0.131. The van der Waals surface area contributed by atoms with Crippen molar-refractivity contribution in [1.29, 1.82) is 5.26 Å². The fourth-order valence-electron chi connectivity index (χ4n) is 3.36. The zero-order valence-electron chi connectivity index (χ0n) is 13.6. The summed E-state index contributed by atoms with van der Waals surface area (Å²) in [7, 11) is 0. The first-order valence-corrected chi connectivity index (χ1v) is 8.46. The first-order chi connectivity index (χ1) is 11.2. The quantitative estimate of drug-likeness (QED) is 0.841. The van der Waals surface area contributed by atoms with Crippen LogP contribution in [0.15, 0.2) is 24.3 Å². The Kier molecular flexibility index (Phi) is 5.27. The third-order valence-corrected chi connectivity index (χ3v) is 4.74. The van der Waals surface area contributed by atoms with Gasteiger partial charge in [0.05, 0.1) is 18.2 Å². The number of carbonyl (C=O) groups is 1. The van der Waals surface area contributed by atoms with Crippen molar-refractivity contribution in [2.75, 3.05) is 45.8 Å². The second-order valence-electron chi connectivity index (χ2n) is 6.45. The van der Waals surface area contributed by atoms with E-state index in [2.05, 4.69) is 21.9 Å². The topological polar surface area (TPSA) is 50.6 Å². The highest BCUT2D eigenvalue weighted by Gasteiger charge is 2.23. The number of likely N-dealkylation sites (tertiary alicyclic amines) is 1. The molecule has 0 spiro atoms. The summed E-state index contributed by atoms with van der Waals surface area (Å²) in [6, 6.07) is 10.0. The number of rotatable bonds is 4. The molecule has 2 aliphatic rings. The molecule has 0 bridgehead atoms. The Labute approximate surface area is 138 Å². The number of nitrogens with zero attached hydrogens (tertiary/aromatic N) is 4. The molecule has 23 heavy (non-hydrogen) atoms. The molecule has 1 amide bonds. The maximum absolute atomic E-state index is 12.2. The number of hydrogen-bond acceptors (Lipinski definition) is 4. The molecule has 0 saturated carbocycles. The molecule has 0 unspecified atom stereocenters. The highest BCUT2D eigenvalue weighted by atomic mass is 16.2. The van der Waals surface area contributed by atoms with Crippen LogP contribution in [0.4, 0.5) is 0 Å². The van der Waals surface area contributed by atoms with Crippen LogP contribution < -0.4 is 0 Å². The van der Waals surface area contributed by atoms with Crippen LogP contribution in [0.2, 0.25) is 0 Å². The van der Waals surface area contributed by atoms with Gasteiger partial charge in [0.1, 0.15) is 0 Å². The third-order valence-electron chi connectivity index (χ3n) is 4.74. The van der Waals surface area contributed by atoms with E-state index in [1.54, 1.807) is 0 Å². The van der Waals surface area contributed by atoms with Crippen LogP contribution >= 0.6 is 0 Å². The predicted octanol–water partition coefficient (Wildman–Crippen LogP) is 1.30. The Balaban J connectivity index is 1.44. The van der Waals surface area contributed by atoms with E-state index >= 15 is 0 Å². The van der Waals surface area contributed by atoms with Crippen molar-refractivity contribution >= 4 is 5.91 Å². The van der Waals surface area contributed by atoms with Gasteiger partial charge in [-0.2, -0.15) is 5.26 Å². The fraction of sp³-hybridized carbons (Fsp3) is 0.556. The Bertz CT molecular complexity index is 581. The highest BCUT2D eigenvalue weighted by Crippen LogP contribution is 2.12. The second kappa shape index (κ2) is 7.58. The van der Waals surface area contributed by atoms with Crippen molar-refractivity contribution in [3.05, 3.63) is 35.4 Å². The van der Waals surface area contributed by atoms with E-state index in [4.69, 9.17) is 5.26 Å². The number of nitriles is 1. The summed E-state index contributed by atoms with van der Waals surface area (Å²) in [4.78, 5) is 18.9. The van der Waals surface area contributed by atoms with Crippen LogP contribution in [0, 0.1) is 11.3 Å². The van der Waals surface area contributed by atoms with Crippen LogP contribution in [0.3, 0.4) is 0 Å². The molecular weight excluding hydrogens is 288 g/mol.